The van der Waals surface area contributed by atoms with Crippen LogP contribution in [-0.4, -0.2) is 38.3 Å². The molecule has 1 aliphatic rings. The predicted octanol–water partition coefficient (Wildman–Crippen LogP) is 4.57. The van der Waals surface area contributed by atoms with Gasteiger partial charge in [-0.05, 0) is 60.4 Å². The van der Waals surface area contributed by atoms with Crippen LogP contribution < -0.4 is 10.6 Å². The number of anilines is 1. The normalized spacial score (nSPS) is 15.7. The van der Waals surface area contributed by atoms with E-state index in [0.717, 1.165) is 23.8 Å². The summed E-state index contributed by atoms with van der Waals surface area (Å²) < 4.78 is 27.1. The number of halogens is 1. The van der Waals surface area contributed by atoms with E-state index in [0.29, 0.717) is 18.1 Å². The van der Waals surface area contributed by atoms with E-state index >= 15 is 0 Å². The van der Waals surface area contributed by atoms with Crippen molar-refractivity contribution in [1.29, 1.82) is 0 Å². The van der Waals surface area contributed by atoms with Crippen molar-refractivity contribution in [3.63, 3.8) is 0 Å². The maximum Gasteiger partial charge on any atom is 0.243 e. The van der Waals surface area contributed by atoms with Gasteiger partial charge in [0.1, 0.15) is 0 Å². The fourth-order valence-electron chi connectivity index (χ4n) is 3.87. The molecule has 0 bridgehead atoms. The molecule has 1 aliphatic heterocycles. The van der Waals surface area contributed by atoms with Crippen molar-refractivity contribution in [2.24, 2.45) is 0 Å². The average Bonchev–Trinajstić information content (AvgIpc) is 3.34. The second-order valence-electron chi connectivity index (χ2n) is 8.01. The molecule has 0 aromatic heterocycles. The van der Waals surface area contributed by atoms with E-state index in [9.17, 15) is 13.2 Å². The molecule has 32 heavy (non-hydrogen) atoms. The number of benzene rings is 3. The Labute approximate surface area is 193 Å². The van der Waals surface area contributed by atoms with Gasteiger partial charge < -0.3 is 10.6 Å². The van der Waals surface area contributed by atoms with Gasteiger partial charge in [-0.15, -0.1) is 0 Å². The maximum absolute atomic E-state index is 12.8. The first-order chi connectivity index (χ1) is 15.3. The monoisotopic (exact) mass is 471 g/mol. The molecule has 0 saturated carbocycles. The molecule has 6 nitrogen and oxygen atoms in total. The van der Waals surface area contributed by atoms with Crippen LogP contribution in [0.5, 0.6) is 0 Å². The van der Waals surface area contributed by atoms with Gasteiger partial charge in [0.15, 0.2) is 0 Å². The number of nitrogens with zero attached hydrogens (tertiary/aromatic N) is 1. The molecule has 168 valence electrons. The van der Waals surface area contributed by atoms with E-state index in [1.54, 1.807) is 0 Å². The average molecular weight is 472 g/mol. The van der Waals surface area contributed by atoms with Gasteiger partial charge in [-0.1, -0.05) is 48.0 Å². The summed E-state index contributed by atoms with van der Waals surface area (Å²) in [6, 6.07) is 18.7. The van der Waals surface area contributed by atoms with E-state index in [-0.39, 0.29) is 29.1 Å². The van der Waals surface area contributed by atoms with Crippen LogP contribution in [0.2, 0.25) is 5.02 Å². The third-order valence-corrected chi connectivity index (χ3v) is 7.98. The molecule has 0 radical (unpaired) electrons. The molecular weight excluding hydrogens is 446 g/mol. The molecule has 1 amide bonds. The Hall–Kier alpha value is -2.45. The van der Waals surface area contributed by atoms with Crippen molar-refractivity contribution >= 4 is 44.0 Å². The number of hydrogen-bond acceptors (Lipinski definition) is 4. The summed E-state index contributed by atoms with van der Waals surface area (Å²) in [4.78, 5) is 12.7. The van der Waals surface area contributed by atoms with Gasteiger partial charge in [-0.25, -0.2) is 8.42 Å². The van der Waals surface area contributed by atoms with E-state index in [2.05, 4.69) is 34.9 Å². The number of amides is 1. The molecule has 1 heterocycles. The molecule has 4 rings (SSSR count). The van der Waals surface area contributed by atoms with Gasteiger partial charge in [0.2, 0.25) is 15.9 Å². The van der Waals surface area contributed by atoms with Crippen LogP contribution in [0.15, 0.2) is 65.6 Å². The van der Waals surface area contributed by atoms with Crippen LogP contribution in [0.1, 0.15) is 31.4 Å². The number of carbonyl (C=O) groups is 1. The lowest BCUT2D eigenvalue weighted by Gasteiger charge is -2.17. The largest absolute Gasteiger partial charge is 0.324 e. The summed E-state index contributed by atoms with van der Waals surface area (Å²) in [5.74, 6) is -0.296. The Morgan fingerprint density at radius 1 is 1.03 bits per heavy atom. The van der Waals surface area contributed by atoms with Crippen molar-refractivity contribution in [3.8, 4) is 0 Å². The lowest BCUT2D eigenvalue weighted by molar-refractivity contribution is -0.115. The van der Waals surface area contributed by atoms with Crippen molar-refractivity contribution in [2.45, 2.75) is 30.7 Å². The zero-order valence-electron chi connectivity index (χ0n) is 17.8. The molecular formula is C24H26ClN3O3S. The highest BCUT2D eigenvalue weighted by Crippen LogP contribution is 2.28. The van der Waals surface area contributed by atoms with Crippen LogP contribution >= 0.6 is 11.6 Å². The molecule has 3 aromatic carbocycles. The summed E-state index contributed by atoms with van der Waals surface area (Å²) in [6.07, 6.45) is 1.72. The summed E-state index contributed by atoms with van der Waals surface area (Å²) >= 11 is 6.22. The molecule has 3 aromatic rings. The first-order valence-corrected chi connectivity index (χ1v) is 12.5. The fourth-order valence-corrected chi connectivity index (χ4v) is 5.58. The molecule has 1 fully saturated rings. The van der Waals surface area contributed by atoms with Crippen molar-refractivity contribution in [1.82, 2.24) is 9.62 Å². The van der Waals surface area contributed by atoms with Crippen LogP contribution in [0.4, 0.5) is 5.69 Å². The number of carbonyl (C=O) groups excluding carboxylic acids is 1. The van der Waals surface area contributed by atoms with E-state index in [1.165, 1.54) is 27.9 Å². The number of nitrogens with one attached hydrogen (secondary N) is 2. The molecule has 1 saturated heterocycles. The minimum atomic E-state index is -3.59. The highest BCUT2D eigenvalue weighted by atomic mass is 35.5. The number of fused-ring (bicyclic) bond motifs is 1. The Balaban J connectivity index is 1.41. The van der Waals surface area contributed by atoms with Gasteiger partial charge in [0, 0.05) is 19.1 Å². The number of rotatable bonds is 7. The Morgan fingerprint density at radius 2 is 1.75 bits per heavy atom. The molecule has 8 heteroatoms. The summed E-state index contributed by atoms with van der Waals surface area (Å²) in [5, 5.41) is 8.55. The molecule has 2 N–H and O–H groups in total. The first-order valence-electron chi connectivity index (χ1n) is 10.7. The smallest absolute Gasteiger partial charge is 0.243 e. The highest BCUT2D eigenvalue weighted by molar-refractivity contribution is 7.89. The Morgan fingerprint density at radius 3 is 2.50 bits per heavy atom. The summed E-state index contributed by atoms with van der Waals surface area (Å²) in [7, 11) is -3.59. The minimum absolute atomic E-state index is 0.0392. The minimum Gasteiger partial charge on any atom is -0.324 e. The Bertz CT molecular complexity index is 1240. The second kappa shape index (κ2) is 9.58. The van der Waals surface area contributed by atoms with E-state index in [1.807, 2.05) is 25.1 Å². The van der Waals surface area contributed by atoms with Crippen LogP contribution in [-0.2, 0) is 14.8 Å². The van der Waals surface area contributed by atoms with Crippen molar-refractivity contribution in [3.05, 3.63) is 71.2 Å². The van der Waals surface area contributed by atoms with Gasteiger partial charge in [-0.3, -0.25) is 4.79 Å². The lowest BCUT2D eigenvalue weighted by atomic mass is 10.0. The number of hydrogen-bond donors (Lipinski definition) is 2. The Kier molecular flexibility index (Phi) is 6.81. The van der Waals surface area contributed by atoms with Gasteiger partial charge in [0.25, 0.3) is 0 Å². The number of sulfonamides is 1. The van der Waals surface area contributed by atoms with E-state index < -0.39 is 10.0 Å². The van der Waals surface area contributed by atoms with Crippen LogP contribution in [0.3, 0.4) is 0 Å². The van der Waals surface area contributed by atoms with Crippen molar-refractivity contribution in [2.75, 3.05) is 25.0 Å². The molecule has 0 unspecified atom stereocenters. The van der Waals surface area contributed by atoms with Gasteiger partial charge >= 0.3 is 0 Å². The van der Waals surface area contributed by atoms with Gasteiger partial charge in [-0.2, -0.15) is 4.31 Å². The zero-order valence-corrected chi connectivity index (χ0v) is 19.4. The zero-order chi connectivity index (χ0) is 22.7. The topological polar surface area (TPSA) is 78.5 Å². The molecule has 1 atom stereocenters. The second-order valence-corrected chi connectivity index (χ2v) is 10.4. The first kappa shape index (κ1) is 22.7. The predicted molar refractivity (Wildman–Crippen MR) is 128 cm³/mol. The molecule has 0 aliphatic carbocycles. The summed E-state index contributed by atoms with van der Waals surface area (Å²) in [5.41, 5.74) is 1.37. The fraction of sp³-hybridized carbons (Fsp3) is 0.292. The molecule has 0 spiro atoms. The SMILES string of the molecule is C[C@H](NCC(=O)Nc1cc(S(=O)(=O)N2CCCC2)ccc1Cl)c1ccc2ccccc2c1. The maximum atomic E-state index is 12.8. The third-order valence-electron chi connectivity index (χ3n) is 5.76. The third kappa shape index (κ3) is 4.96. The van der Waals surface area contributed by atoms with Crippen LogP contribution in [0, 0.1) is 0 Å². The van der Waals surface area contributed by atoms with E-state index in [4.69, 9.17) is 11.6 Å². The lowest BCUT2D eigenvalue weighted by Crippen LogP contribution is -2.30. The quantitative estimate of drug-likeness (QED) is 0.529. The standard InChI is InChI=1S/C24H26ClN3O3S/c1-17(19-9-8-18-6-2-3-7-20(18)14-19)26-16-24(29)27-23-15-21(10-11-22(23)25)32(30,31)28-12-4-5-13-28/h2-3,6-11,14-15,17,26H,4-5,12-13,16H2,1H3,(H,27,29)/t17-/m0/s1. The highest BCUT2D eigenvalue weighted by Gasteiger charge is 2.27. The van der Waals surface area contributed by atoms with Gasteiger partial charge in [0.05, 0.1) is 22.2 Å². The van der Waals surface area contributed by atoms with Crippen molar-refractivity contribution < 1.29 is 13.2 Å². The summed E-state index contributed by atoms with van der Waals surface area (Å²) in [6.45, 7) is 3.09. The van der Waals surface area contributed by atoms with Crippen LogP contribution in [0.25, 0.3) is 10.8 Å².